The number of rotatable bonds is 6. The van der Waals surface area contributed by atoms with E-state index in [-0.39, 0.29) is 11.3 Å². The van der Waals surface area contributed by atoms with Gasteiger partial charge in [0.25, 0.3) is 11.5 Å². The maximum atomic E-state index is 13.1. The molecule has 3 heterocycles. The van der Waals surface area contributed by atoms with Gasteiger partial charge in [-0.15, -0.1) is 17.9 Å². The van der Waals surface area contributed by atoms with Crippen LogP contribution in [0.4, 0.5) is 0 Å². The first-order valence-electron chi connectivity index (χ1n) is 9.24. The molecule has 0 atom stereocenters. The van der Waals surface area contributed by atoms with E-state index in [9.17, 15) is 14.4 Å². The third-order valence-electron chi connectivity index (χ3n) is 4.86. The molecule has 0 unspecified atom stereocenters. The van der Waals surface area contributed by atoms with E-state index in [1.54, 1.807) is 51.9 Å². The van der Waals surface area contributed by atoms with Crippen molar-refractivity contribution >= 4 is 45.1 Å². The molecule has 1 N–H and O–H groups in total. The van der Waals surface area contributed by atoms with Crippen LogP contribution in [-0.2, 0) is 31.2 Å². The van der Waals surface area contributed by atoms with E-state index in [4.69, 9.17) is 0 Å². The predicted octanol–water partition coefficient (Wildman–Crippen LogP) is 2.52. The Hall–Kier alpha value is -2.65. The standard InChI is InChI=1S/C20H20N4O3S2/c1-3-9-24-19(27)16-12-6-4-8-14(12)29-18(16)22-20(24)28-11-15(25)21-17(26)13-7-5-10-23(13)2/h3,5,7,10H,1,4,6,8-9,11H2,2H3,(H,21,25,26). The molecule has 2 amide bonds. The Bertz CT molecular complexity index is 1190. The topological polar surface area (TPSA) is 86.0 Å². The van der Waals surface area contributed by atoms with Crippen LogP contribution in [0.1, 0.15) is 27.3 Å². The summed E-state index contributed by atoms with van der Waals surface area (Å²) in [5.41, 5.74) is 1.44. The van der Waals surface area contributed by atoms with Crippen molar-refractivity contribution in [1.82, 2.24) is 19.4 Å². The number of aryl methyl sites for hydroxylation is 3. The number of nitrogens with zero attached hydrogens (tertiary/aromatic N) is 3. The molecule has 0 saturated heterocycles. The van der Waals surface area contributed by atoms with Crippen molar-refractivity contribution < 1.29 is 9.59 Å². The number of imide groups is 1. The lowest BCUT2D eigenvalue weighted by Gasteiger charge is -2.10. The molecule has 0 saturated carbocycles. The molecule has 7 nitrogen and oxygen atoms in total. The highest BCUT2D eigenvalue weighted by Gasteiger charge is 2.23. The van der Waals surface area contributed by atoms with E-state index in [2.05, 4.69) is 16.9 Å². The van der Waals surface area contributed by atoms with Crippen LogP contribution in [0.5, 0.6) is 0 Å². The zero-order valence-electron chi connectivity index (χ0n) is 15.9. The number of thioether (sulfide) groups is 1. The summed E-state index contributed by atoms with van der Waals surface area (Å²) < 4.78 is 3.20. The van der Waals surface area contributed by atoms with Crippen LogP contribution in [0.25, 0.3) is 10.2 Å². The third-order valence-corrected chi connectivity index (χ3v) is 7.03. The number of carbonyl (C=O) groups excluding carboxylic acids is 2. The van der Waals surface area contributed by atoms with Gasteiger partial charge in [-0.2, -0.15) is 0 Å². The monoisotopic (exact) mass is 428 g/mol. The number of nitrogens with one attached hydrogen (secondary N) is 1. The third kappa shape index (κ3) is 3.67. The summed E-state index contributed by atoms with van der Waals surface area (Å²) in [5, 5.41) is 3.54. The minimum absolute atomic E-state index is 0.0175. The van der Waals surface area contributed by atoms with Crippen LogP contribution in [0.3, 0.4) is 0 Å². The molecule has 0 aliphatic heterocycles. The van der Waals surface area contributed by atoms with Gasteiger partial charge in [-0.3, -0.25) is 24.3 Å². The Morgan fingerprint density at radius 2 is 2.24 bits per heavy atom. The first-order valence-corrected chi connectivity index (χ1v) is 11.0. The van der Waals surface area contributed by atoms with Crippen molar-refractivity contribution in [2.45, 2.75) is 31.0 Å². The van der Waals surface area contributed by atoms with Crippen LogP contribution >= 0.6 is 23.1 Å². The Morgan fingerprint density at radius 1 is 1.41 bits per heavy atom. The summed E-state index contributed by atoms with van der Waals surface area (Å²) in [6, 6.07) is 3.38. The van der Waals surface area contributed by atoms with Crippen LogP contribution in [0.2, 0.25) is 0 Å². The van der Waals surface area contributed by atoms with Gasteiger partial charge in [0.05, 0.1) is 11.1 Å². The highest BCUT2D eigenvalue weighted by molar-refractivity contribution is 7.99. The fourth-order valence-corrected chi connectivity index (χ4v) is 5.62. The van der Waals surface area contributed by atoms with Gasteiger partial charge in [0.15, 0.2) is 5.16 Å². The van der Waals surface area contributed by atoms with Crippen LogP contribution in [0, 0.1) is 0 Å². The molecule has 1 aliphatic rings. The number of hydrogen-bond donors (Lipinski definition) is 1. The molecule has 1 aliphatic carbocycles. The summed E-state index contributed by atoms with van der Waals surface area (Å²) in [7, 11) is 1.74. The minimum atomic E-state index is -0.454. The van der Waals surface area contributed by atoms with Gasteiger partial charge in [0.2, 0.25) is 5.91 Å². The van der Waals surface area contributed by atoms with Gasteiger partial charge in [-0.25, -0.2) is 4.98 Å². The Balaban J connectivity index is 1.56. The van der Waals surface area contributed by atoms with Gasteiger partial charge in [-0.1, -0.05) is 17.8 Å². The van der Waals surface area contributed by atoms with E-state index in [1.807, 2.05) is 0 Å². The quantitative estimate of drug-likeness (QED) is 0.370. The molecule has 3 aromatic heterocycles. The van der Waals surface area contributed by atoms with Gasteiger partial charge >= 0.3 is 0 Å². The number of carbonyl (C=O) groups is 2. The lowest BCUT2D eigenvalue weighted by molar-refractivity contribution is -0.117. The second kappa shape index (κ2) is 8.00. The molecule has 0 bridgehead atoms. The predicted molar refractivity (Wildman–Crippen MR) is 115 cm³/mol. The van der Waals surface area contributed by atoms with Crippen LogP contribution < -0.4 is 10.9 Å². The summed E-state index contributed by atoms with van der Waals surface area (Å²) in [5.74, 6) is -0.907. The number of aromatic nitrogens is 3. The number of hydrogen-bond acceptors (Lipinski definition) is 6. The van der Waals surface area contributed by atoms with Crippen molar-refractivity contribution in [3.8, 4) is 0 Å². The fourth-order valence-electron chi connectivity index (χ4n) is 3.51. The molecule has 0 radical (unpaired) electrons. The maximum absolute atomic E-state index is 13.1. The highest BCUT2D eigenvalue weighted by atomic mass is 32.2. The second-order valence-electron chi connectivity index (χ2n) is 6.81. The van der Waals surface area contributed by atoms with Crippen molar-refractivity contribution in [1.29, 1.82) is 0 Å². The summed E-state index contributed by atoms with van der Waals surface area (Å²) in [4.78, 5) is 44.2. The van der Waals surface area contributed by atoms with Gasteiger partial charge in [-0.05, 0) is 37.0 Å². The molecule has 29 heavy (non-hydrogen) atoms. The van der Waals surface area contributed by atoms with Crippen molar-refractivity contribution in [3.63, 3.8) is 0 Å². The van der Waals surface area contributed by atoms with E-state index < -0.39 is 11.8 Å². The largest absolute Gasteiger partial charge is 0.347 e. The molecular formula is C20H20N4O3S2. The average Bonchev–Trinajstić information content (AvgIpc) is 3.38. The molecule has 3 aromatic rings. The number of fused-ring (bicyclic) bond motifs is 3. The minimum Gasteiger partial charge on any atom is -0.347 e. The number of amides is 2. The van der Waals surface area contributed by atoms with Crippen molar-refractivity contribution in [3.05, 3.63) is 57.5 Å². The van der Waals surface area contributed by atoms with Crippen LogP contribution in [-0.4, -0.2) is 31.7 Å². The lowest BCUT2D eigenvalue weighted by Crippen LogP contribution is -2.33. The molecule has 0 spiro atoms. The van der Waals surface area contributed by atoms with E-state index in [1.165, 1.54) is 4.88 Å². The zero-order valence-corrected chi connectivity index (χ0v) is 17.6. The van der Waals surface area contributed by atoms with Crippen molar-refractivity contribution in [2.24, 2.45) is 7.05 Å². The first-order chi connectivity index (χ1) is 14.0. The number of thiophene rings is 1. The fraction of sp³-hybridized carbons (Fsp3) is 0.300. The summed E-state index contributed by atoms with van der Waals surface area (Å²) in [6.45, 7) is 4.05. The van der Waals surface area contributed by atoms with E-state index >= 15 is 0 Å². The highest BCUT2D eigenvalue weighted by Crippen LogP contribution is 2.35. The van der Waals surface area contributed by atoms with E-state index in [0.717, 1.165) is 41.4 Å². The molecular weight excluding hydrogens is 408 g/mol. The summed E-state index contributed by atoms with van der Waals surface area (Å²) >= 11 is 2.71. The van der Waals surface area contributed by atoms with Gasteiger partial charge in [0, 0.05) is 24.7 Å². The maximum Gasteiger partial charge on any atom is 0.274 e. The molecule has 4 rings (SSSR count). The Labute approximate surface area is 175 Å². The normalized spacial score (nSPS) is 12.9. The van der Waals surface area contributed by atoms with Crippen molar-refractivity contribution in [2.75, 3.05) is 5.75 Å². The van der Waals surface area contributed by atoms with Gasteiger partial charge in [0.1, 0.15) is 10.5 Å². The first kappa shape index (κ1) is 19.7. The average molecular weight is 429 g/mol. The molecule has 0 fully saturated rings. The number of allylic oxidation sites excluding steroid dienone is 1. The lowest BCUT2D eigenvalue weighted by atomic mass is 10.2. The molecule has 150 valence electrons. The Morgan fingerprint density at radius 3 is 2.97 bits per heavy atom. The molecule has 0 aromatic carbocycles. The summed E-state index contributed by atoms with van der Waals surface area (Å²) in [6.07, 6.45) is 6.36. The molecule has 9 heteroatoms. The van der Waals surface area contributed by atoms with Gasteiger partial charge < -0.3 is 4.57 Å². The smallest absolute Gasteiger partial charge is 0.274 e. The van der Waals surface area contributed by atoms with Crippen LogP contribution in [0.15, 0.2) is 40.9 Å². The van der Waals surface area contributed by atoms with E-state index in [0.29, 0.717) is 22.8 Å². The zero-order chi connectivity index (χ0) is 20.5. The Kier molecular flexibility index (Phi) is 5.42. The second-order valence-corrected chi connectivity index (χ2v) is 8.83. The SMILES string of the molecule is C=CCn1c(SCC(=O)NC(=O)c2cccn2C)nc2sc3c(c2c1=O)CCC3.